The maximum absolute atomic E-state index is 2.59. The summed E-state index contributed by atoms with van der Waals surface area (Å²) < 4.78 is 0. The Morgan fingerprint density at radius 3 is 2.07 bits per heavy atom. The quantitative estimate of drug-likeness (QED) is 0.413. The Hall–Kier alpha value is 0. The van der Waals surface area contributed by atoms with Crippen LogP contribution in [0.15, 0.2) is 0 Å². The van der Waals surface area contributed by atoms with Crippen LogP contribution >= 0.6 is 0 Å². The molecule has 1 radical (unpaired) electrons. The Balaban J connectivity index is 3.40. The first-order chi connectivity index (χ1) is 6.85. The summed E-state index contributed by atoms with van der Waals surface area (Å²) in [5.41, 5.74) is 0. The van der Waals surface area contributed by atoms with Gasteiger partial charge in [-0.25, -0.2) is 0 Å². The van der Waals surface area contributed by atoms with Crippen LogP contribution in [-0.2, 0) is 0 Å². The van der Waals surface area contributed by atoms with Crippen molar-refractivity contribution in [1.29, 1.82) is 0 Å². The average molecular weight is 197 g/mol. The third-order valence-electron chi connectivity index (χ3n) is 2.90. The van der Waals surface area contributed by atoms with E-state index in [9.17, 15) is 0 Å². The van der Waals surface area contributed by atoms with Crippen LogP contribution in [0.5, 0.6) is 0 Å². The summed E-state index contributed by atoms with van der Waals surface area (Å²) in [6.45, 7) is 6.87. The first kappa shape index (κ1) is 14.0. The monoisotopic (exact) mass is 197 g/mol. The second-order valence-corrected chi connectivity index (χ2v) is 4.42. The molecule has 14 heavy (non-hydrogen) atoms. The van der Waals surface area contributed by atoms with Crippen molar-refractivity contribution in [3.05, 3.63) is 6.42 Å². The highest BCUT2D eigenvalue weighted by atomic mass is 14.1. The molecule has 1 atom stereocenters. The van der Waals surface area contributed by atoms with Gasteiger partial charge in [-0.2, -0.15) is 0 Å². The van der Waals surface area contributed by atoms with Gasteiger partial charge in [0.2, 0.25) is 0 Å². The van der Waals surface area contributed by atoms with Crippen molar-refractivity contribution in [2.75, 3.05) is 0 Å². The van der Waals surface area contributed by atoms with Crippen molar-refractivity contribution in [2.24, 2.45) is 5.92 Å². The van der Waals surface area contributed by atoms with E-state index in [1.54, 1.807) is 0 Å². The van der Waals surface area contributed by atoms with Gasteiger partial charge in [0.1, 0.15) is 0 Å². The minimum Gasteiger partial charge on any atom is -0.0654 e. The zero-order chi connectivity index (χ0) is 10.6. The van der Waals surface area contributed by atoms with Crippen LogP contribution < -0.4 is 0 Å². The van der Waals surface area contributed by atoms with Crippen LogP contribution in [0.2, 0.25) is 0 Å². The standard InChI is InChI=1S/C14H29/c1-4-7-9-10-13-14(11-6-3)12-8-5-2/h13-14H,4-12H2,1-3H3. The Bertz CT molecular complexity index is 96.2. The van der Waals surface area contributed by atoms with Gasteiger partial charge >= 0.3 is 0 Å². The molecule has 0 nitrogen and oxygen atoms in total. The molecule has 1 unspecified atom stereocenters. The van der Waals surface area contributed by atoms with Crippen molar-refractivity contribution in [3.8, 4) is 0 Å². The zero-order valence-electron chi connectivity index (χ0n) is 10.5. The first-order valence-corrected chi connectivity index (χ1v) is 6.68. The van der Waals surface area contributed by atoms with Gasteiger partial charge in [-0.1, -0.05) is 72.1 Å². The van der Waals surface area contributed by atoms with Crippen molar-refractivity contribution in [3.63, 3.8) is 0 Å². The SMILES string of the molecule is CCCCC[CH]C(CCC)CCCC. The summed E-state index contributed by atoms with van der Waals surface area (Å²) >= 11 is 0. The highest BCUT2D eigenvalue weighted by Crippen LogP contribution is 2.20. The van der Waals surface area contributed by atoms with Gasteiger partial charge in [0.25, 0.3) is 0 Å². The van der Waals surface area contributed by atoms with E-state index in [1.165, 1.54) is 57.8 Å². The van der Waals surface area contributed by atoms with Gasteiger partial charge in [-0.05, 0) is 18.8 Å². The number of hydrogen-bond acceptors (Lipinski definition) is 0. The molecule has 0 aliphatic carbocycles. The molecule has 0 bridgehead atoms. The lowest BCUT2D eigenvalue weighted by Crippen LogP contribution is -2.01. The van der Waals surface area contributed by atoms with E-state index in [4.69, 9.17) is 0 Å². The molecule has 0 aromatic heterocycles. The van der Waals surface area contributed by atoms with Crippen molar-refractivity contribution >= 4 is 0 Å². The largest absolute Gasteiger partial charge is 0.0654 e. The molecule has 0 spiro atoms. The Morgan fingerprint density at radius 2 is 1.50 bits per heavy atom. The minimum atomic E-state index is 0.914. The highest BCUT2D eigenvalue weighted by molar-refractivity contribution is 4.75. The normalized spacial score (nSPS) is 13.1. The molecule has 0 aliphatic heterocycles. The second-order valence-electron chi connectivity index (χ2n) is 4.42. The molecule has 0 aromatic carbocycles. The predicted molar refractivity (Wildman–Crippen MR) is 66.4 cm³/mol. The van der Waals surface area contributed by atoms with E-state index >= 15 is 0 Å². The molecule has 0 saturated heterocycles. The van der Waals surface area contributed by atoms with Crippen LogP contribution in [0.25, 0.3) is 0 Å². The molecule has 0 heterocycles. The van der Waals surface area contributed by atoms with E-state index in [0.29, 0.717) is 0 Å². The maximum atomic E-state index is 2.59. The van der Waals surface area contributed by atoms with Gasteiger partial charge in [0.15, 0.2) is 0 Å². The summed E-state index contributed by atoms with van der Waals surface area (Å²) in [6, 6.07) is 0. The molecular weight excluding hydrogens is 168 g/mol. The second kappa shape index (κ2) is 11.1. The van der Waals surface area contributed by atoms with E-state index in [2.05, 4.69) is 27.2 Å². The molecule has 0 amide bonds. The average Bonchev–Trinajstić information content (AvgIpc) is 2.20. The van der Waals surface area contributed by atoms with Crippen LogP contribution in [0.1, 0.15) is 78.6 Å². The van der Waals surface area contributed by atoms with E-state index < -0.39 is 0 Å². The summed E-state index contributed by atoms with van der Waals surface area (Å²) in [5, 5.41) is 0. The van der Waals surface area contributed by atoms with E-state index in [1.807, 2.05) is 0 Å². The fourth-order valence-corrected chi connectivity index (χ4v) is 1.97. The fraction of sp³-hybridized carbons (Fsp3) is 0.929. The maximum Gasteiger partial charge on any atom is -0.0355 e. The van der Waals surface area contributed by atoms with Gasteiger partial charge < -0.3 is 0 Å². The lowest BCUT2D eigenvalue weighted by molar-refractivity contribution is 0.463. The van der Waals surface area contributed by atoms with Gasteiger partial charge in [0, 0.05) is 0 Å². The van der Waals surface area contributed by atoms with Gasteiger partial charge in [-0.15, -0.1) is 0 Å². The van der Waals surface area contributed by atoms with E-state index in [0.717, 1.165) is 5.92 Å². The summed E-state index contributed by atoms with van der Waals surface area (Å²) in [6.07, 6.45) is 15.0. The Labute approximate surface area is 91.5 Å². The number of unbranched alkanes of at least 4 members (excludes halogenated alkanes) is 4. The predicted octanol–water partition coefficient (Wildman–Crippen LogP) is 5.38. The first-order valence-electron chi connectivity index (χ1n) is 6.68. The van der Waals surface area contributed by atoms with Crippen LogP contribution in [0.4, 0.5) is 0 Å². The Morgan fingerprint density at radius 1 is 0.786 bits per heavy atom. The highest BCUT2D eigenvalue weighted by Gasteiger charge is 2.06. The third-order valence-corrected chi connectivity index (χ3v) is 2.90. The molecule has 0 aromatic rings. The van der Waals surface area contributed by atoms with Crippen molar-refractivity contribution in [1.82, 2.24) is 0 Å². The Kier molecular flexibility index (Phi) is 11.1. The smallest absolute Gasteiger partial charge is 0.0355 e. The fourth-order valence-electron chi connectivity index (χ4n) is 1.97. The summed E-state index contributed by atoms with van der Waals surface area (Å²) in [5.74, 6) is 0.914. The molecule has 0 saturated carbocycles. The van der Waals surface area contributed by atoms with Crippen LogP contribution in [-0.4, -0.2) is 0 Å². The number of rotatable bonds is 10. The van der Waals surface area contributed by atoms with Gasteiger partial charge in [0.05, 0.1) is 0 Å². The molecular formula is C14H29. The van der Waals surface area contributed by atoms with Crippen LogP contribution in [0.3, 0.4) is 0 Å². The molecule has 0 fully saturated rings. The molecule has 0 rings (SSSR count). The third kappa shape index (κ3) is 8.59. The molecule has 0 N–H and O–H groups in total. The van der Waals surface area contributed by atoms with Crippen LogP contribution in [0, 0.1) is 12.3 Å². The van der Waals surface area contributed by atoms with Gasteiger partial charge in [-0.3, -0.25) is 0 Å². The van der Waals surface area contributed by atoms with Crippen molar-refractivity contribution < 1.29 is 0 Å². The van der Waals surface area contributed by atoms with Crippen molar-refractivity contribution in [2.45, 2.75) is 78.6 Å². The topological polar surface area (TPSA) is 0 Å². The summed E-state index contributed by atoms with van der Waals surface area (Å²) in [7, 11) is 0. The lowest BCUT2D eigenvalue weighted by atomic mass is 9.91. The lowest BCUT2D eigenvalue weighted by Gasteiger charge is -2.14. The minimum absolute atomic E-state index is 0.914. The zero-order valence-corrected chi connectivity index (χ0v) is 10.5. The van der Waals surface area contributed by atoms with E-state index in [-0.39, 0.29) is 0 Å². The molecule has 0 aliphatic rings. The molecule has 0 heteroatoms. The molecule has 85 valence electrons. The summed E-state index contributed by atoms with van der Waals surface area (Å²) in [4.78, 5) is 0. The number of hydrogen-bond donors (Lipinski definition) is 0.